The topological polar surface area (TPSA) is 178 Å². The maximum absolute atomic E-state index is 13.4. The van der Waals surface area contributed by atoms with Crippen LogP contribution >= 0.6 is 0 Å². The third-order valence-electron chi connectivity index (χ3n) is 7.93. The Morgan fingerprint density at radius 3 is 2.00 bits per heavy atom. The fourth-order valence-electron chi connectivity index (χ4n) is 5.52. The Morgan fingerprint density at radius 2 is 1.30 bits per heavy atom. The van der Waals surface area contributed by atoms with Gasteiger partial charge in [-0.25, -0.2) is 0 Å². The molecule has 204 valence electrons. The molecule has 1 aliphatic heterocycles. The van der Waals surface area contributed by atoms with Gasteiger partial charge in [-0.15, -0.1) is 0 Å². The molecule has 10 nitrogen and oxygen atoms in total. The fourth-order valence-corrected chi connectivity index (χ4v) is 5.52. The van der Waals surface area contributed by atoms with E-state index in [1.165, 1.54) is 12.1 Å². The van der Waals surface area contributed by atoms with Crippen molar-refractivity contribution in [2.75, 3.05) is 0 Å². The number of phenolic OH excluding ortho intramolecular Hbond substituents is 5. The Hall–Kier alpha value is -5.12. The third-order valence-corrected chi connectivity index (χ3v) is 7.93. The highest BCUT2D eigenvalue weighted by Gasteiger charge is 2.36. The van der Waals surface area contributed by atoms with Crippen molar-refractivity contribution in [3.05, 3.63) is 51.4 Å². The van der Waals surface area contributed by atoms with Gasteiger partial charge < -0.3 is 39.8 Å². The summed E-state index contributed by atoms with van der Waals surface area (Å²) < 4.78 is 11.7. The van der Waals surface area contributed by atoms with E-state index in [0.717, 1.165) is 12.1 Å². The minimum absolute atomic E-state index is 0.00158. The summed E-state index contributed by atoms with van der Waals surface area (Å²) in [4.78, 5) is 26.5. The molecule has 1 aliphatic rings. The molecule has 1 aromatic heterocycles. The van der Waals surface area contributed by atoms with E-state index in [0.29, 0.717) is 11.3 Å². The van der Waals surface area contributed by atoms with Crippen molar-refractivity contribution in [3.63, 3.8) is 0 Å². The normalized spacial score (nSPS) is 16.9. The molecule has 10 heteroatoms. The number of carbonyl (C=O) groups is 1. The summed E-state index contributed by atoms with van der Waals surface area (Å²) in [6.45, 7) is 6.53. The lowest BCUT2D eigenvalue weighted by atomic mass is 9.86. The number of hydrogen-bond acceptors (Lipinski definition) is 10. The van der Waals surface area contributed by atoms with Gasteiger partial charge in [-0.1, -0.05) is 6.92 Å². The number of carbonyl (C=O) groups excluding carboxylic acids is 1. The number of aryl methyl sites for hydroxylation is 1. The molecule has 0 amide bonds. The largest absolute Gasteiger partial charge is 0.507 e. The summed E-state index contributed by atoms with van der Waals surface area (Å²) in [7, 11) is 0. The lowest BCUT2D eigenvalue weighted by Crippen LogP contribution is -2.33. The number of fused-ring (bicyclic) bond motifs is 4. The quantitative estimate of drug-likeness (QED) is 0.153. The zero-order chi connectivity index (χ0) is 28.9. The highest BCUT2D eigenvalue weighted by atomic mass is 16.5. The molecule has 0 spiro atoms. The van der Waals surface area contributed by atoms with Gasteiger partial charge in [0.25, 0.3) is 0 Å². The van der Waals surface area contributed by atoms with Gasteiger partial charge in [-0.05, 0) is 32.9 Å². The van der Waals surface area contributed by atoms with Crippen LogP contribution in [0.4, 0.5) is 0 Å². The van der Waals surface area contributed by atoms with Crippen LogP contribution in [-0.4, -0.2) is 42.5 Å². The summed E-state index contributed by atoms with van der Waals surface area (Å²) >= 11 is 0. The van der Waals surface area contributed by atoms with E-state index in [2.05, 4.69) is 0 Å². The molecule has 0 fully saturated rings. The van der Waals surface area contributed by atoms with Gasteiger partial charge in [0, 0.05) is 39.6 Å². The van der Waals surface area contributed by atoms with E-state index in [1.54, 1.807) is 27.7 Å². The molecule has 5 aromatic rings. The average Bonchev–Trinajstić information content (AvgIpc) is 2.86. The molecule has 0 aliphatic carbocycles. The van der Waals surface area contributed by atoms with Gasteiger partial charge in [0.05, 0.1) is 16.7 Å². The second-order valence-electron chi connectivity index (χ2n) is 10.2. The number of aromatic hydroxyl groups is 6. The molecule has 6 N–H and O–H groups in total. The lowest BCUT2D eigenvalue weighted by molar-refractivity contribution is 0.0726. The second kappa shape index (κ2) is 8.19. The van der Waals surface area contributed by atoms with Crippen LogP contribution in [0.25, 0.3) is 43.6 Å². The molecule has 2 heterocycles. The first-order valence-electron chi connectivity index (χ1n) is 12.4. The molecule has 0 saturated heterocycles. The Morgan fingerprint density at radius 1 is 0.675 bits per heavy atom. The standard InChI is InChI=1S/C30H24O10/c1-9-11(3)39-19-5-13-21(15(31)7-17(33)23(13)29(37)25(19)27(9)35)22-14-6-20-26(28(36)10(2)12(4)40-20)30(38)24(14)18(34)8-16(22)32/h5-9,11,31,33-34,36-38H,1-4H3/t9-,11-/m0/s1. The van der Waals surface area contributed by atoms with Crippen molar-refractivity contribution in [3.8, 4) is 51.4 Å². The molecule has 0 bridgehead atoms. The van der Waals surface area contributed by atoms with E-state index in [4.69, 9.17) is 9.15 Å². The van der Waals surface area contributed by atoms with Gasteiger partial charge in [0.1, 0.15) is 68.6 Å². The van der Waals surface area contributed by atoms with Crippen molar-refractivity contribution in [1.29, 1.82) is 0 Å². The molecular formula is C30H24O10. The van der Waals surface area contributed by atoms with Crippen molar-refractivity contribution in [2.24, 2.45) is 5.92 Å². The number of rotatable bonds is 1. The molecule has 2 atom stereocenters. The average molecular weight is 545 g/mol. The van der Waals surface area contributed by atoms with Crippen LogP contribution in [0.15, 0.2) is 33.5 Å². The highest BCUT2D eigenvalue weighted by molar-refractivity contribution is 6.19. The van der Waals surface area contributed by atoms with Crippen LogP contribution in [-0.2, 0) is 0 Å². The molecule has 6 rings (SSSR count). The summed E-state index contributed by atoms with van der Waals surface area (Å²) in [6, 6.07) is 4.46. The minimum Gasteiger partial charge on any atom is -0.507 e. The van der Waals surface area contributed by atoms with Gasteiger partial charge in [0.2, 0.25) is 0 Å². The van der Waals surface area contributed by atoms with Gasteiger partial charge in [0.15, 0.2) is 11.2 Å². The summed E-state index contributed by atoms with van der Waals surface area (Å²) in [5.41, 5.74) is -0.903. The first-order chi connectivity index (χ1) is 18.8. The van der Waals surface area contributed by atoms with Crippen LogP contribution < -0.4 is 10.2 Å². The van der Waals surface area contributed by atoms with Crippen molar-refractivity contribution in [1.82, 2.24) is 0 Å². The molecule has 40 heavy (non-hydrogen) atoms. The smallest absolute Gasteiger partial charge is 0.190 e. The fraction of sp³-hybridized carbons (Fsp3) is 0.200. The van der Waals surface area contributed by atoms with E-state index >= 15 is 0 Å². The predicted octanol–water partition coefficient (Wildman–Crippen LogP) is 5.22. The Labute approximate surface area is 225 Å². The monoisotopic (exact) mass is 544 g/mol. The summed E-state index contributed by atoms with van der Waals surface area (Å²) in [6.07, 6.45) is -0.542. The van der Waals surface area contributed by atoms with Crippen LogP contribution in [0.5, 0.6) is 40.2 Å². The number of ketones is 1. The summed E-state index contributed by atoms with van der Waals surface area (Å²) in [5.74, 6) is -3.74. The number of Topliss-reactive ketones (excluding diaryl/α,β-unsaturated/α-hetero) is 1. The minimum atomic E-state index is -0.768. The van der Waals surface area contributed by atoms with Gasteiger partial charge in [-0.2, -0.15) is 0 Å². The number of benzene rings is 4. The van der Waals surface area contributed by atoms with Crippen LogP contribution in [0.2, 0.25) is 0 Å². The lowest BCUT2D eigenvalue weighted by Gasteiger charge is -2.29. The van der Waals surface area contributed by atoms with Crippen molar-refractivity contribution in [2.45, 2.75) is 33.8 Å². The van der Waals surface area contributed by atoms with E-state index < -0.39 is 52.0 Å². The van der Waals surface area contributed by atoms with Crippen molar-refractivity contribution < 1.29 is 44.6 Å². The SMILES string of the molecule is Cc1oc2cc3c(-c4c(O)cc(O)c5c(O)c6c(cc45)O[C@@H](C)[C@H](C)C6=O)c(=O)cc(O)c3c(O)c2c(O)c1C. The molecule has 0 unspecified atom stereocenters. The van der Waals surface area contributed by atoms with E-state index in [-0.39, 0.29) is 60.7 Å². The third kappa shape index (κ3) is 3.16. The second-order valence-corrected chi connectivity index (χ2v) is 10.2. The van der Waals surface area contributed by atoms with Crippen molar-refractivity contribution >= 4 is 38.3 Å². The van der Waals surface area contributed by atoms with E-state index in [1.807, 2.05) is 0 Å². The maximum Gasteiger partial charge on any atom is 0.190 e. The number of ether oxygens (including phenoxy) is 1. The number of hydrogen-bond donors (Lipinski definition) is 6. The Kier molecular flexibility index (Phi) is 5.15. The zero-order valence-corrected chi connectivity index (χ0v) is 21.8. The van der Waals surface area contributed by atoms with Crippen LogP contribution in [0.1, 0.15) is 35.5 Å². The molecular weight excluding hydrogens is 520 g/mol. The summed E-state index contributed by atoms with van der Waals surface area (Å²) in [5, 5.41) is 65.0. The highest BCUT2D eigenvalue weighted by Crippen LogP contribution is 2.52. The molecule has 0 radical (unpaired) electrons. The number of phenols is 5. The van der Waals surface area contributed by atoms with Gasteiger partial charge in [-0.3, -0.25) is 9.59 Å². The molecule has 4 aromatic carbocycles. The van der Waals surface area contributed by atoms with Crippen LogP contribution in [0, 0.1) is 19.8 Å². The van der Waals surface area contributed by atoms with Gasteiger partial charge >= 0.3 is 0 Å². The molecule has 0 saturated carbocycles. The zero-order valence-electron chi connectivity index (χ0n) is 21.8. The Balaban J connectivity index is 1.82. The predicted molar refractivity (Wildman–Crippen MR) is 146 cm³/mol. The first kappa shape index (κ1) is 25.2. The maximum atomic E-state index is 13.4. The Bertz CT molecular complexity index is 2040. The van der Waals surface area contributed by atoms with Crippen LogP contribution in [0.3, 0.4) is 0 Å². The van der Waals surface area contributed by atoms with E-state index in [9.17, 15) is 40.2 Å². The first-order valence-corrected chi connectivity index (χ1v) is 12.4.